The van der Waals surface area contributed by atoms with Crippen molar-refractivity contribution in [3.63, 3.8) is 0 Å². The molecule has 1 N–H and O–H groups in total. The van der Waals surface area contributed by atoms with E-state index in [1.54, 1.807) is 11.3 Å². The quantitative estimate of drug-likeness (QED) is 0.931. The monoisotopic (exact) mass is 282 g/mol. The van der Waals surface area contributed by atoms with Gasteiger partial charge >= 0.3 is 0 Å². The lowest BCUT2D eigenvalue weighted by atomic mass is 10.3. The first-order valence-electron chi connectivity index (χ1n) is 4.64. The predicted octanol–water partition coefficient (Wildman–Crippen LogP) is 3.29. The first kappa shape index (κ1) is 10.8. The maximum Gasteiger partial charge on any atom is 0.108 e. The van der Waals surface area contributed by atoms with Crippen molar-refractivity contribution in [2.45, 2.75) is 6.54 Å². The number of rotatable bonds is 4. The second-order valence-corrected chi connectivity index (χ2v) is 5.43. The third-order valence-corrected chi connectivity index (χ3v) is 3.25. The Morgan fingerprint density at radius 2 is 2.27 bits per heavy atom. The van der Waals surface area contributed by atoms with Gasteiger partial charge < -0.3 is 5.32 Å². The molecule has 2 rings (SSSR count). The van der Waals surface area contributed by atoms with Gasteiger partial charge in [-0.25, -0.2) is 4.98 Å². The van der Waals surface area contributed by atoms with Crippen LogP contribution in [0.1, 0.15) is 5.01 Å². The Bertz CT molecular complexity index is 445. The average molecular weight is 283 g/mol. The number of hydrogen-bond acceptors (Lipinski definition) is 3. The van der Waals surface area contributed by atoms with Gasteiger partial charge in [0.2, 0.25) is 0 Å². The lowest BCUT2D eigenvalue weighted by molar-refractivity contribution is 0.753. The first-order valence-corrected chi connectivity index (χ1v) is 6.25. The molecule has 0 spiro atoms. The molecule has 78 valence electrons. The van der Waals surface area contributed by atoms with Crippen molar-refractivity contribution in [1.82, 2.24) is 10.3 Å². The van der Waals surface area contributed by atoms with Crippen LogP contribution in [0.15, 0.2) is 35.3 Å². The van der Waals surface area contributed by atoms with Crippen LogP contribution in [-0.2, 0) is 6.54 Å². The van der Waals surface area contributed by atoms with Gasteiger partial charge in [0.05, 0.1) is 10.2 Å². The molecule has 0 bridgehead atoms. The highest BCUT2D eigenvalue weighted by Crippen LogP contribution is 2.21. The smallest absolute Gasteiger partial charge is 0.108 e. The minimum Gasteiger partial charge on any atom is -0.306 e. The molecule has 0 unspecified atom stereocenters. The molecule has 0 saturated heterocycles. The van der Waals surface area contributed by atoms with Gasteiger partial charge in [-0.2, -0.15) is 0 Å². The van der Waals surface area contributed by atoms with Gasteiger partial charge in [0.1, 0.15) is 5.01 Å². The Morgan fingerprint density at radius 1 is 1.47 bits per heavy atom. The molecule has 1 aromatic heterocycles. The summed E-state index contributed by atoms with van der Waals surface area (Å²) in [4.78, 5) is 4.52. The van der Waals surface area contributed by atoms with E-state index >= 15 is 0 Å². The highest BCUT2D eigenvalue weighted by Gasteiger charge is 2.01. The number of halogens is 1. The number of nitrogens with one attached hydrogen (secondary N) is 1. The maximum absolute atomic E-state index is 4.52. The number of aromatic nitrogens is 1. The molecular weight excluding hydrogens is 272 g/mol. The molecule has 0 aliphatic carbocycles. The molecule has 0 radical (unpaired) electrons. The molecule has 0 saturated carbocycles. The minimum atomic E-state index is 0.774. The third-order valence-electron chi connectivity index (χ3n) is 1.93. The SMILES string of the molecule is C=C(Br)CNCc1nc2ccccc2s1. The van der Waals surface area contributed by atoms with Crippen molar-refractivity contribution in [2.75, 3.05) is 6.54 Å². The van der Waals surface area contributed by atoms with E-state index in [-0.39, 0.29) is 0 Å². The second-order valence-electron chi connectivity index (χ2n) is 3.20. The van der Waals surface area contributed by atoms with E-state index in [1.165, 1.54) is 4.70 Å². The fourth-order valence-corrected chi connectivity index (χ4v) is 2.44. The van der Waals surface area contributed by atoms with Crippen LogP contribution < -0.4 is 5.32 Å². The van der Waals surface area contributed by atoms with Crippen LogP contribution in [0.3, 0.4) is 0 Å². The summed E-state index contributed by atoms with van der Waals surface area (Å²) in [5.74, 6) is 0. The number of thiazole rings is 1. The van der Waals surface area contributed by atoms with Crippen molar-refractivity contribution in [3.05, 3.63) is 40.3 Å². The Labute approximate surface area is 101 Å². The van der Waals surface area contributed by atoms with E-state index in [9.17, 15) is 0 Å². The van der Waals surface area contributed by atoms with E-state index in [1.807, 2.05) is 18.2 Å². The summed E-state index contributed by atoms with van der Waals surface area (Å²) in [6.07, 6.45) is 0. The van der Waals surface area contributed by atoms with Gasteiger partial charge in [0.15, 0.2) is 0 Å². The largest absolute Gasteiger partial charge is 0.306 e. The molecule has 2 aromatic rings. The van der Waals surface area contributed by atoms with Crippen LogP contribution in [0.25, 0.3) is 10.2 Å². The Morgan fingerprint density at radius 3 is 3.00 bits per heavy atom. The Kier molecular flexibility index (Phi) is 3.51. The first-order chi connectivity index (χ1) is 7.25. The predicted molar refractivity (Wildman–Crippen MR) is 69.4 cm³/mol. The summed E-state index contributed by atoms with van der Waals surface area (Å²) in [5.41, 5.74) is 1.08. The lowest BCUT2D eigenvalue weighted by Gasteiger charge is -1.98. The lowest BCUT2D eigenvalue weighted by Crippen LogP contribution is -2.13. The van der Waals surface area contributed by atoms with Gasteiger partial charge in [-0.1, -0.05) is 34.6 Å². The summed E-state index contributed by atoms with van der Waals surface area (Å²) in [6.45, 7) is 5.34. The number of benzene rings is 1. The summed E-state index contributed by atoms with van der Waals surface area (Å²) >= 11 is 5.04. The molecule has 1 heterocycles. The van der Waals surface area contributed by atoms with Gasteiger partial charge in [0.25, 0.3) is 0 Å². The van der Waals surface area contributed by atoms with Gasteiger partial charge in [-0.15, -0.1) is 11.3 Å². The second kappa shape index (κ2) is 4.88. The van der Waals surface area contributed by atoms with Crippen LogP contribution in [0.2, 0.25) is 0 Å². The molecule has 0 amide bonds. The van der Waals surface area contributed by atoms with Crippen molar-refractivity contribution in [1.29, 1.82) is 0 Å². The number of nitrogens with zero attached hydrogens (tertiary/aromatic N) is 1. The zero-order valence-electron chi connectivity index (χ0n) is 8.16. The van der Waals surface area contributed by atoms with Crippen molar-refractivity contribution in [2.24, 2.45) is 0 Å². The average Bonchev–Trinajstić information content (AvgIpc) is 2.59. The molecule has 1 aromatic carbocycles. The van der Waals surface area contributed by atoms with Crippen LogP contribution in [0.4, 0.5) is 0 Å². The summed E-state index contributed by atoms with van der Waals surface area (Å²) < 4.78 is 2.20. The molecule has 4 heteroatoms. The molecule has 0 fully saturated rings. The number of hydrogen-bond donors (Lipinski definition) is 1. The Balaban J connectivity index is 2.05. The highest BCUT2D eigenvalue weighted by atomic mass is 79.9. The van der Waals surface area contributed by atoms with Gasteiger partial charge in [-0.05, 0) is 12.1 Å². The summed E-state index contributed by atoms with van der Waals surface area (Å²) in [7, 11) is 0. The molecule has 2 nitrogen and oxygen atoms in total. The molecule has 15 heavy (non-hydrogen) atoms. The standard InChI is InChI=1S/C11H11BrN2S/c1-8(12)6-13-7-11-14-9-4-2-3-5-10(9)15-11/h2-5,13H,1,6-7H2. The number of fused-ring (bicyclic) bond motifs is 1. The van der Waals surface area contributed by atoms with Crippen LogP contribution in [-0.4, -0.2) is 11.5 Å². The van der Waals surface area contributed by atoms with Crippen molar-refractivity contribution < 1.29 is 0 Å². The topological polar surface area (TPSA) is 24.9 Å². The van der Waals surface area contributed by atoms with E-state index in [0.29, 0.717) is 0 Å². The van der Waals surface area contributed by atoms with Crippen molar-refractivity contribution >= 4 is 37.5 Å². The zero-order valence-corrected chi connectivity index (χ0v) is 10.6. The third kappa shape index (κ3) is 2.87. The molecule has 0 aliphatic rings. The summed E-state index contributed by atoms with van der Waals surface area (Å²) in [6, 6.07) is 8.19. The van der Waals surface area contributed by atoms with E-state index in [4.69, 9.17) is 0 Å². The van der Waals surface area contributed by atoms with Crippen LogP contribution >= 0.6 is 27.3 Å². The van der Waals surface area contributed by atoms with E-state index in [0.717, 1.165) is 28.1 Å². The van der Waals surface area contributed by atoms with Crippen LogP contribution in [0.5, 0.6) is 0 Å². The Hall–Kier alpha value is -0.710. The zero-order chi connectivity index (χ0) is 10.7. The normalized spacial score (nSPS) is 10.7. The maximum atomic E-state index is 4.52. The van der Waals surface area contributed by atoms with Gasteiger partial charge in [-0.3, -0.25) is 0 Å². The molecule has 0 aliphatic heterocycles. The summed E-state index contributed by atoms with van der Waals surface area (Å²) in [5, 5.41) is 4.38. The fourth-order valence-electron chi connectivity index (χ4n) is 1.30. The van der Waals surface area contributed by atoms with Crippen molar-refractivity contribution in [3.8, 4) is 0 Å². The molecule has 0 atom stereocenters. The molecular formula is C11H11BrN2S. The van der Waals surface area contributed by atoms with Crippen LogP contribution in [0, 0.1) is 0 Å². The highest BCUT2D eigenvalue weighted by molar-refractivity contribution is 9.11. The van der Waals surface area contributed by atoms with Gasteiger partial charge in [0, 0.05) is 17.6 Å². The minimum absolute atomic E-state index is 0.774. The number of para-hydroxylation sites is 1. The van der Waals surface area contributed by atoms with E-state index in [2.05, 4.69) is 38.9 Å². The fraction of sp³-hybridized carbons (Fsp3) is 0.182. The van der Waals surface area contributed by atoms with E-state index < -0.39 is 0 Å².